The smallest absolute Gasteiger partial charge is 0.143 e. The van der Waals surface area contributed by atoms with Crippen molar-refractivity contribution >= 4 is 23.0 Å². The zero-order valence-electron chi connectivity index (χ0n) is 17.6. The van der Waals surface area contributed by atoms with E-state index >= 15 is 0 Å². The highest BCUT2D eigenvalue weighted by Gasteiger charge is 2.08. The normalized spacial score (nSPS) is 10.9. The highest BCUT2D eigenvalue weighted by Crippen LogP contribution is 2.29. The van der Waals surface area contributed by atoms with Gasteiger partial charge in [0, 0.05) is 11.8 Å². The van der Waals surface area contributed by atoms with E-state index in [4.69, 9.17) is 9.47 Å². The molecule has 0 aliphatic heterocycles. The molecule has 0 saturated carbocycles. The molecule has 0 saturated heterocycles. The van der Waals surface area contributed by atoms with Crippen LogP contribution in [0.1, 0.15) is 33.5 Å². The van der Waals surface area contributed by atoms with Gasteiger partial charge in [-0.15, -0.1) is 0 Å². The Balaban J connectivity index is 1.77. The molecule has 6 heteroatoms. The molecule has 0 unspecified atom stereocenters. The van der Waals surface area contributed by atoms with Crippen LogP contribution in [-0.4, -0.2) is 22.2 Å². The minimum absolute atomic E-state index is 0.0879. The molecule has 0 atom stereocenters. The molecule has 3 aromatic rings. The van der Waals surface area contributed by atoms with Crippen LogP contribution in [0.15, 0.2) is 54.6 Å². The number of nitrogens with one attached hydrogen (secondary N) is 2. The maximum absolute atomic E-state index is 5.88. The maximum atomic E-state index is 5.88. The van der Waals surface area contributed by atoms with Crippen molar-refractivity contribution in [3.63, 3.8) is 0 Å². The Labute approximate surface area is 172 Å². The van der Waals surface area contributed by atoms with E-state index in [1.807, 2.05) is 89.2 Å². The van der Waals surface area contributed by atoms with Crippen molar-refractivity contribution in [3.8, 4) is 11.5 Å². The summed E-state index contributed by atoms with van der Waals surface area (Å²) in [6, 6.07) is 17.5. The number of rotatable bonds is 8. The van der Waals surface area contributed by atoms with Crippen molar-refractivity contribution in [3.05, 3.63) is 60.4 Å². The average molecular weight is 393 g/mol. The molecule has 2 N–H and O–H groups in total. The van der Waals surface area contributed by atoms with Gasteiger partial charge < -0.3 is 20.1 Å². The summed E-state index contributed by atoms with van der Waals surface area (Å²) in [5.74, 6) is 3.70. The first-order valence-electron chi connectivity index (χ1n) is 9.81. The Kier molecular flexibility index (Phi) is 6.54. The Morgan fingerprint density at radius 2 is 1.38 bits per heavy atom. The molecule has 0 aliphatic carbocycles. The lowest BCUT2D eigenvalue weighted by molar-refractivity contribution is 0.242. The highest BCUT2D eigenvalue weighted by molar-refractivity contribution is 5.67. The van der Waals surface area contributed by atoms with Crippen LogP contribution in [-0.2, 0) is 0 Å². The summed E-state index contributed by atoms with van der Waals surface area (Å²) in [6.45, 7) is 9.89. The van der Waals surface area contributed by atoms with E-state index in [1.165, 1.54) is 0 Å². The molecule has 1 aromatic heterocycles. The fraction of sp³-hybridized carbons (Fsp3) is 0.304. The summed E-state index contributed by atoms with van der Waals surface area (Å²) >= 11 is 0. The number of ether oxygens (including phenoxy) is 2. The SMILES string of the molecule is Cc1nc(Nc2ccc(OC(C)C)cc2)cc(Nc2ccccc2OC(C)C)n1. The van der Waals surface area contributed by atoms with Crippen molar-refractivity contribution in [1.29, 1.82) is 0 Å². The van der Waals surface area contributed by atoms with Gasteiger partial charge >= 0.3 is 0 Å². The third-order valence-corrected chi connectivity index (χ3v) is 3.85. The van der Waals surface area contributed by atoms with Crippen LogP contribution in [0.25, 0.3) is 0 Å². The number of nitrogens with zero attached hydrogens (tertiary/aromatic N) is 2. The van der Waals surface area contributed by atoms with Gasteiger partial charge in [-0.2, -0.15) is 0 Å². The molecule has 0 spiro atoms. The van der Waals surface area contributed by atoms with Crippen molar-refractivity contribution in [2.75, 3.05) is 10.6 Å². The highest BCUT2D eigenvalue weighted by atomic mass is 16.5. The topological polar surface area (TPSA) is 68.3 Å². The third-order valence-electron chi connectivity index (χ3n) is 3.85. The monoisotopic (exact) mass is 392 g/mol. The van der Waals surface area contributed by atoms with E-state index in [0.29, 0.717) is 17.5 Å². The number of hydrogen-bond acceptors (Lipinski definition) is 6. The van der Waals surface area contributed by atoms with Crippen LogP contribution in [0.2, 0.25) is 0 Å². The van der Waals surface area contributed by atoms with Crippen molar-refractivity contribution in [2.45, 2.75) is 46.8 Å². The number of hydrogen-bond donors (Lipinski definition) is 2. The standard InChI is InChI=1S/C23H28N4O2/c1-15(2)28-19-12-10-18(11-13-19)26-22-14-23(25-17(5)24-22)27-20-8-6-7-9-21(20)29-16(3)4/h6-16H,1-5H3,(H2,24,25,26,27). The van der Waals surface area contributed by atoms with Gasteiger partial charge in [-0.05, 0) is 71.0 Å². The molecule has 0 bridgehead atoms. The quantitative estimate of drug-likeness (QED) is 0.501. The molecule has 2 aromatic carbocycles. The zero-order chi connectivity index (χ0) is 20.8. The molecule has 29 heavy (non-hydrogen) atoms. The molecule has 0 fully saturated rings. The minimum atomic E-state index is 0.0879. The van der Waals surface area contributed by atoms with Gasteiger partial charge in [0.15, 0.2) is 0 Å². The molecule has 6 nitrogen and oxygen atoms in total. The van der Waals surface area contributed by atoms with Crippen LogP contribution in [0.3, 0.4) is 0 Å². The van der Waals surface area contributed by atoms with Gasteiger partial charge in [-0.3, -0.25) is 0 Å². The summed E-state index contributed by atoms with van der Waals surface area (Å²) in [5, 5.41) is 6.66. The molecule has 1 heterocycles. The lowest BCUT2D eigenvalue weighted by Gasteiger charge is -2.16. The van der Waals surface area contributed by atoms with Gasteiger partial charge in [0.25, 0.3) is 0 Å². The number of anilines is 4. The van der Waals surface area contributed by atoms with Crippen LogP contribution < -0.4 is 20.1 Å². The van der Waals surface area contributed by atoms with Crippen LogP contribution in [0, 0.1) is 6.92 Å². The third kappa shape index (κ3) is 6.10. The van der Waals surface area contributed by atoms with Gasteiger partial charge in [-0.25, -0.2) is 9.97 Å². The van der Waals surface area contributed by atoms with Gasteiger partial charge in [-0.1, -0.05) is 12.1 Å². The molecular formula is C23H28N4O2. The lowest BCUT2D eigenvalue weighted by atomic mass is 10.2. The Hall–Kier alpha value is -3.28. The van der Waals surface area contributed by atoms with Crippen LogP contribution >= 0.6 is 0 Å². The average Bonchev–Trinajstić information content (AvgIpc) is 2.64. The van der Waals surface area contributed by atoms with Crippen molar-refractivity contribution in [2.24, 2.45) is 0 Å². The van der Waals surface area contributed by atoms with Crippen LogP contribution in [0.5, 0.6) is 11.5 Å². The van der Waals surface area contributed by atoms with Gasteiger partial charge in [0.1, 0.15) is 29.0 Å². The molecule has 0 radical (unpaired) electrons. The summed E-state index contributed by atoms with van der Waals surface area (Å²) in [4.78, 5) is 8.99. The number of aromatic nitrogens is 2. The second-order valence-electron chi connectivity index (χ2n) is 7.29. The fourth-order valence-electron chi connectivity index (χ4n) is 2.80. The lowest BCUT2D eigenvalue weighted by Crippen LogP contribution is -2.08. The van der Waals surface area contributed by atoms with Crippen molar-refractivity contribution < 1.29 is 9.47 Å². The van der Waals surface area contributed by atoms with Crippen LogP contribution in [0.4, 0.5) is 23.0 Å². The van der Waals surface area contributed by atoms with Crippen molar-refractivity contribution in [1.82, 2.24) is 9.97 Å². The van der Waals surface area contributed by atoms with E-state index in [1.54, 1.807) is 0 Å². The van der Waals surface area contributed by atoms with Gasteiger partial charge in [0.05, 0.1) is 17.9 Å². The number of benzene rings is 2. The second-order valence-corrected chi connectivity index (χ2v) is 7.29. The Morgan fingerprint density at radius 1 is 0.759 bits per heavy atom. The zero-order valence-corrected chi connectivity index (χ0v) is 17.6. The fourth-order valence-corrected chi connectivity index (χ4v) is 2.80. The molecular weight excluding hydrogens is 364 g/mol. The summed E-state index contributed by atoms with van der Waals surface area (Å²) in [5.41, 5.74) is 1.79. The van der Waals surface area contributed by atoms with E-state index in [0.717, 1.165) is 22.9 Å². The largest absolute Gasteiger partial charge is 0.491 e. The predicted molar refractivity (Wildman–Crippen MR) is 118 cm³/mol. The molecule has 0 amide bonds. The summed E-state index contributed by atoms with van der Waals surface area (Å²) in [7, 11) is 0. The second kappa shape index (κ2) is 9.28. The van der Waals surface area contributed by atoms with E-state index in [-0.39, 0.29) is 12.2 Å². The predicted octanol–water partition coefficient (Wildman–Crippen LogP) is 5.85. The number of aryl methyl sites for hydroxylation is 1. The maximum Gasteiger partial charge on any atom is 0.143 e. The van der Waals surface area contributed by atoms with E-state index in [2.05, 4.69) is 20.6 Å². The van der Waals surface area contributed by atoms with Gasteiger partial charge in [0.2, 0.25) is 0 Å². The first-order chi connectivity index (χ1) is 13.9. The number of para-hydroxylation sites is 2. The van der Waals surface area contributed by atoms with E-state index < -0.39 is 0 Å². The molecule has 0 aliphatic rings. The first kappa shape index (κ1) is 20.5. The minimum Gasteiger partial charge on any atom is -0.491 e. The summed E-state index contributed by atoms with van der Waals surface area (Å²) < 4.78 is 11.6. The Bertz CT molecular complexity index is 940. The molecule has 3 rings (SSSR count). The molecule has 152 valence electrons. The summed E-state index contributed by atoms with van der Waals surface area (Å²) in [6.07, 6.45) is 0.236. The Morgan fingerprint density at radius 3 is 2.03 bits per heavy atom. The van der Waals surface area contributed by atoms with E-state index in [9.17, 15) is 0 Å². The first-order valence-corrected chi connectivity index (χ1v) is 9.81.